The van der Waals surface area contributed by atoms with Crippen molar-refractivity contribution < 1.29 is 13.5 Å². The van der Waals surface area contributed by atoms with Gasteiger partial charge in [0.2, 0.25) is 6.43 Å². The average molecular weight is 361 g/mol. The number of rotatable bonds is 6. The van der Waals surface area contributed by atoms with Crippen molar-refractivity contribution in [2.45, 2.75) is 18.5 Å². The summed E-state index contributed by atoms with van der Waals surface area (Å²) in [5.74, 6) is 0.863. The first-order chi connectivity index (χ1) is 12.1. The van der Waals surface area contributed by atoms with Crippen molar-refractivity contribution in [1.82, 2.24) is 14.8 Å². The molecule has 1 aromatic heterocycles. The first-order valence-corrected chi connectivity index (χ1v) is 8.65. The minimum atomic E-state index is -2.41. The van der Waals surface area contributed by atoms with Crippen molar-refractivity contribution in [3.63, 3.8) is 0 Å². The number of para-hydroxylation sites is 1. The van der Waals surface area contributed by atoms with E-state index in [4.69, 9.17) is 4.74 Å². The van der Waals surface area contributed by atoms with Gasteiger partial charge in [-0.2, -0.15) is 0 Å². The zero-order chi connectivity index (χ0) is 17.8. The molecule has 130 valence electrons. The molecule has 3 rings (SSSR count). The lowest BCUT2D eigenvalue weighted by Crippen LogP contribution is -2.02. The third-order valence-corrected chi connectivity index (χ3v) is 4.55. The molecule has 0 unspecified atom stereocenters. The second-order valence-corrected chi connectivity index (χ2v) is 6.37. The Morgan fingerprint density at radius 3 is 2.48 bits per heavy atom. The maximum Gasteiger partial charge on any atom is 0.248 e. The van der Waals surface area contributed by atoms with Gasteiger partial charge in [-0.1, -0.05) is 41.6 Å². The molecule has 0 saturated heterocycles. The number of methoxy groups -OCH3 is 1. The first kappa shape index (κ1) is 17.4. The Labute approximate surface area is 148 Å². The van der Waals surface area contributed by atoms with Crippen molar-refractivity contribution in [3.8, 4) is 22.8 Å². The lowest BCUT2D eigenvalue weighted by molar-refractivity contribution is 0.176. The summed E-state index contributed by atoms with van der Waals surface area (Å²) >= 11 is 0.982. The second kappa shape index (κ2) is 7.65. The molecule has 0 radical (unpaired) electrons. The van der Waals surface area contributed by atoms with Crippen LogP contribution in [0.4, 0.5) is 8.78 Å². The molecule has 0 bridgehead atoms. The summed E-state index contributed by atoms with van der Waals surface area (Å²) in [6.07, 6.45) is -2.41. The van der Waals surface area contributed by atoms with Crippen LogP contribution < -0.4 is 4.74 Å². The fourth-order valence-electron chi connectivity index (χ4n) is 2.43. The summed E-state index contributed by atoms with van der Waals surface area (Å²) in [4.78, 5) is 0. The van der Waals surface area contributed by atoms with E-state index in [-0.39, 0.29) is 5.75 Å². The van der Waals surface area contributed by atoms with Crippen molar-refractivity contribution in [1.29, 1.82) is 0 Å². The Morgan fingerprint density at radius 2 is 1.80 bits per heavy atom. The predicted molar refractivity (Wildman–Crippen MR) is 94.8 cm³/mol. The average Bonchev–Trinajstić information content (AvgIpc) is 3.04. The van der Waals surface area contributed by atoms with Gasteiger partial charge < -0.3 is 4.74 Å². The SMILES string of the molecule is COc1ccccc1-c1nnc(SCC(F)F)n1-c1ccc(C)cc1. The topological polar surface area (TPSA) is 39.9 Å². The van der Waals surface area contributed by atoms with Gasteiger partial charge in [0.15, 0.2) is 11.0 Å². The summed E-state index contributed by atoms with van der Waals surface area (Å²) in [6, 6.07) is 15.2. The zero-order valence-corrected chi connectivity index (χ0v) is 14.6. The maximum atomic E-state index is 12.7. The van der Waals surface area contributed by atoms with Crippen molar-refractivity contribution >= 4 is 11.8 Å². The highest BCUT2D eigenvalue weighted by Gasteiger charge is 2.19. The molecule has 0 saturated carbocycles. The normalized spacial score (nSPS) is 11.1. The first-order valence-electron chi connectivity index (χ1n) is 7.67. The van der Waals surface area contributed by atoms with Gasteiger partial charge in [-0.25, -0.2) is 8.78 Å². The van der Waals surface area contributed by atoms with E-state index in [1.54, 1.807) is 11.7 Å². The van der Waals surface area contributed by atoms with Crippen LogP contribution in [-0.4, -0.2) is 34.1 Å². The molecule has 0 aliphatic carbocycles. The number of aryl methyl sites for hydroxylation is 1. The number of nitrogens with zero attached hydrogens (tertiary/aromatic N) is 3. The Balaban J connectivity index is 2.13. The molecule has 7 heteroatoms. The molecule has 3 aromatic rings. The van der Waals surface area contributed by atoms with Crippen LogP contribution in [-0.2, 0) is 0 Å². The molecule has 0 aliphatic rings. The van der Waals surface area contributed by atoms with E-state index in [1.165, 1.54) is 0 Å². The van der Waals surface area contributed by atoms with Gasteiger partial charge in [0.05, 0.1) is 18.4 Å². The molecule has 0 spiro atoms. The number of alkyl halides is 2. The molecular weight excluding hydrogens is 344 g/mol. The van der Waals surface area contributed by atoms with Crippen LogP contribution >= 0.6 is 11.8 Å². The van der Waals surface area contributed by atoms with Gasteiger partial charge in [-0.05, 0) is 31.2 Å². The van der Waals surface area contributed by atoms with Crippen molar-refractivity contribution in [2.75, 3.05) is 12.9 Å². The maximum absolute atomic E-state index is 12.7. The molecule has 0 N–H and O–H groups in total. The summed E-state index contributed by atoms with van der Waals surface area (Å²) < 4.78 is 32.5. The molecule has 25 heavy (non-hydrogen) atoms. The smallest absolute Gasteiger partial charge is 0.248 e. The standard InChI is InChI=1S/C18H17F2N3OS/c1-12-7-9-13(10-8-12)23-17(14-5-3-4-6-15(14)24-2)21-22-18(23)25-11-16(19)20/h3-10,16H,11H2,1-2H3. The van der Waals surface area contributed by atoms with Crippen molar-refractivity contribution in [2.24, 2.45) is 0 Å². The highest BCUT2D eigenvalue weighted by atomic mass is 32.2. The highest BCUT2D eigenvalue weighted by molar-refractivity contribution is 7.99. The number of hydrogen-bond acceptors (Lipinski definition) is 4. The predicted octanol–water partition coefficient (Wildman–Crippen LogP) is 4.61. The minimum absolute atomic E-state index is 0.337. The van der Waals surface area contributed by atoms with Crippen LogP contribution in [0.15, 0.2) is 53.7 Å². The fourth-order valence-corrected chi connectivity index (χ4v) is 3.13. The van der Waals surface area contributed by atoms with Crippen LogP contribution in [0.5, 0.6) is 5.75 Å². The van der Waals surface area contributed by atoms with Crippen LogP contribution in [0.3, 0.4) is 0 Å². The summed E-state index contributed by atoms with van der Waals surface area (Å²) in [5.41, 5.74) is 2.67. The van der Waals surface area contributed by atoms with Gasteiger partial charge in [0, 0.05) is 5.69 Å². The van der Waals surface area contributed by atoms with Crippen LogP contribution in [0.25, 0.3) is 17.1 Å². The van der Waals surface area contributed by atoms with E-state index in [0.717, 1.165) is 28.6 Å². The van der Waals surface area contributed by atoms with Gasteiger partial charge in [0.25, 0.3) is 0 Å². The molecule has 0 amide bonds. The van der Waals surface area contributed by atoms with Gasteiger partial charge in [-0.3, -0.25) is 4.57 Å². The van der Waals surface area contributed by atoms with E-state index < -0.39 is 6.43 Å². The molecule has 1 heterocycles. The summed E-state index contributed by atoms with van der Waals surface area (Å²) in [5, 5.41) is 8.79. The fraction of sp³-hybridized carbons (Fsp3) is 0.222. The Morgan fingerprint density at radius 1 is 1.08 bits per heavy atom. The number of hydrogen-bond donors (Lipinski definition) is 0. The second-order valence-electron chi connectivity index (χ2n) is 5.38. The summed E-state index contributed by atoms with van der Waals surface area (Å²) in [6.45, 7) is 1.99. The number of ether oxygens (including phenoxy) is 1. The molecule has 0 aliphatic heterocycles. The van der Waals surface area contributed by atoms with Crippen LogP contribution in [0.1, 0.15) is 5.56 Å². The van der Waals surface area contributed by atoms with E-state index in [0.29, 0.717) is 16.7 Å². The van der Waals surface area contributed by atoms with Crippen LogP contribution in [0.2, 0.25) is 0 Å². The van der Waals surface area contributed by atoms with Crippen molar-refractivity contribution in [3.05, 3.63) is 54.1 Å². The van der Waals surface area contributed by atoms with E-state index in [9.17, 15) is 8.78 Å². The Bertz CT molecular complexity index is 850. The molecule has 2 aromatic carbocycles. The number of aromatic nitrogens is 3. The minimum Gasteiger partial charge on any atom is -0.496 e. The molecule has 4 nitrogen and oxygen atoms in total. The van der Waals surface area contributed by atoms with E-state index in [1.807, 2.05) is 55.5 Å². The van der Waals surface area contributed by atoms with Gasteiger partial charge in [-0.15, -0.1) is 10.2 Å². The monoisotopic (exact) mass is 361 g/mol. The third-order valence-electron chi connectivity index (χ3n) is 3.61. The quantitative estimate of drug-likeness (QED) is 0.601. The Kier molecular flexibility index (Phi) is 5.33. The van der Waals surface area contributed by atoms with E-state index in [2.05, 4.69) is 10.2 Å². The lowest BCUT2D eigenvalue weighted by Gasteiger charge is -2.12. The molecular formula is C18H17F2N3OS. The largest absolute Gasteiger partial charge is 0.496 e. The number of halogens is 2. The van der Waals surface area contributed by atoms with Crippen LogP contribution in [0, 0.1) is 6.92 Å². The number of benzene rings is 2. The zero-order valence-electron chi connectivity index (χ0n) is 13.8. The summed E-state index contributed by atoms with van der Waals surface area (Å²) in [7, 11) is 1.58. The Hall–Kier alpha value is -2.41. The molecule has 0 fully saturated rings. The number of thioether (sulfide) groups is 1. The highest BCUT2D eigenvalue weighted by Crippen LogP contribution is 2.33. The lowest BCUT2D eigenvalue weighted by atomic mass is 10.1. The van der Waals surface area contributed by atoms with Gasteiger partial charge >= 0.3 is 0 Å². The van der Waals surface area contributed by atoms with Gasteiger partial charge in [0.1, 0.15) is 5.75 Å². The molecule has 0 atom stereocenters. The van der Waals surface area contributed by atoms with E-state index >= 15 is 0 Å². The third kappa shape index (κ3) is 3.82.